The second-order valence-corrected chi connectivity index (χ2v) is 3.40. The number of carbonyl (C=O) groups is 2. The number of aromatic amines is 1. The second kappa shape index (κ2) is 4.36. The highest BCUT2D eigenvalue weighted by Gasteiger charge is 2.18. The summed E-state index contributed by atoms with van der Waals surface area (Å²) < 4.78 is 26.1. The number of aliphatic carboxylic acids is 1. The van der Waals surface area contributed by atoms with Gasteiger partial charge in [0.05, 0.1) is 11.8 Å². The molecular formula is C11H6F2N2O3. The van der Waals surface area contributed by atoms with Crippen LogP contribution in [0.15, 0.2) is 24.4 Å². The van der Waals surface area contributed by atoms with Gasteiger partial charge in [0.15, 0.2) is 0 Å². The average molecular weight is 252 g/mol. The highest BCUT2D eigenvalue weighted by atomic mass is 19.1. The summed E-state index contributed by atoms with van der Waals surface area (Å²) in [6.45, 7) is 0. The monoisotopic (exact) mass is 252 g/mol. The lowest BCUT2D eigenvalue weighted by atomic mass is 10.2. The van der Waals surface area contributed by atoms with E-state index in [1.165, 1.54) is 0 Å². The van der Waals surface area contributed by atoms with Crippen LogP contribution in [0.1, 0.15) is 10.5 Å². The van der Waals surface area contributed by atoms with Gasteiger partial charge in [-0.05, 0) is 12.1 Å². The fourth-order valence-electron chi connectivity index (χ4n) is 1.37. The molecule has 2 rings (SSSR count). The van der Waals surface area contributed by atoms with Crippen LogP contribution in [0.4, 0.5) is 8.78 Å². The van der Waals surface area contributed by atoms with E-state index in [1.807, 2.05) is 0 Å². The minimum atomic E-state index is -1.65. The van der Waals surface area contributed by atoms with Crippen molar-refractivity contribution in [3.05, 3.63) is 41.7 Å². The number of carbonyl (C=O) groups excluding carboxylic acids is 1. The lowest BCUT2D eigenvalue weighted by Gasteiger charge is -1.98. The van der Waals surface area contributed by atoms with Crippen molar-refractivity contribution in [1.82, 2.24) is 9.97 Å². The van der Waals surface area contributed by atoms with Crippen molar-refractivity contribution in [3.63, 3.8) is 0 Å². The Morgan fingerprint density at radius 1 is 1.28 bits per heavy atom. The first-order chi connectivity index (χ1) is 8.49. The Labute approximate surface area is 99.1 Å². The van der Waals surface area contributed by atoms with Crippen LogP contribution >= 0.6 is 0 Å². The van der Waals surface area contributed by atoms with Gasteiger partial charge in [0.1, 0.15) is 23.2 Å². The number of carboxylic acids is 1. The lowest BCUT2D eigenvalue weighted by Crippen LogP contribution is -2.12. The number of hydrogen-bond acceptors (Lipinski definition) is 3. The van der Waals surface area contributed by atoms with Gasteiger partial charge in [0.25, 0.3) is 5.78 Å². The molecule has 1 heterocycles. The highest BCUT2D eigenvalue weighted by molar-refractivity contribution is 6.39. The number of rotatable bonds is 3. The predicted molar refractivity (Wildman–Crippen MR) is 55.9 cm³/mol. The summed E-state index contributed by atoms with van der Waals surface area (Å²) >= 11 is 0. The molecule has 0 atom stereocenters. The van der Waals surface area contributed by atoms with Crippen LogP contribution < -0.4 is 0 Å². The zero-order valence-corrected chi connectivity index (χ0v) is 8.78. The van der Waals surface area contributed by atoms with Crippen LogP contribution in [-0.4, -0.2) is 26.8 Å². The van der Waals surface area contributed by atoms with Gasteiger partial charge >= 0.3 is 5.97 Å². The average Bonchev–Trinajstić information content (AvgIpc) is 2.77. The Morgan fingerprint density at radius 2 is 2.00 bits per heavy atom. The normalized spacial score (nSPS) is 10.3. The number of Topliss-reactive ketones (excluding diaryl/α,β-unsaturated/α-hetero) is 1. The molecule has 0 fully saturated rings. The largest absolute Gasteiger partial charge is 0.475 e. The molecule has 0 bridgehead atoms. The van der Waals surface area contributed by atoms with Crippen LogP contribution in [0.5, 0.6) is 0 Å². The maximum absolute atomic E-state index is 13.4. The molecule has 1 aromatic carbocycles. The minimum absolute atomic E-state index is 0.0444. The molecule has 0 aliphatic rings. The fraction of sp³-hybridized carbons (Fsp3) is 0. The third kappa shape index (κ3) is 2.10. The first-order valence-electron chi connectivity index (χ1n) is 4.77. The van der Waals surface area contributed by atoms with Crippen LogP contribution in [0, 0.1) is 11.6 Å². The number of hydrogen-bond donors (Lipinski definition) is 2. The van der Waals surface area contributed by atoms with Gasteiger partial charge in [0.2, 0.25) is 0 Å². The molecular weight excluding hydrogens is 246 g/mol. The van der Waals surface area contributed by atoms with E-state index in [4.69, 9.17) is 5.11 Å². The van der Waals surface area contributed by atoms with E-state index >= 15 is 0 Å². The molecule has 0 saturated carbocycles. The van der Waals surface area contributed by atoms with Crippen LogP contribution in [0.3, 0.4) is 0 Å². The number of imidazole rings is 1. The van der Waals surface area contributed by atoms with Gasteiger partial charge in [-0.3, -0.25) is 4.79 Å². The van der Waals surface area contributed by atoms with Crippen molar-refractivity contribution in [2.45, 2.75) is 0 Å². The number of aromatic nitrogens is 2. The van der Waals surface area contributed by atoms with Gasteiger partial charge in [0, 0.05) is 6.07 Å². The molecule has 0 amide bonds. The number of carboxylic acid groups (broad SMARTS) is 1. The molecule has 2 N–H and O–H groups in total. The van der Waals surface area contributed by atoms with Gasteiger partial charge in [-0.25, -0.2) is 18.6 Å². The molecule has 1 aromatic heterocycles. The summed E-state index contributed by atoms with van der Waals surface area (Å²) in [5.41, 5.74) is -0.331. The van der Waals surface area contributed by atoms with E-state index in [0.29, 0.717) is 6.07 Å². The quantitative estimate of drug-likeness (QED) is 0.642. The molecule has 18 heavy (non-hydrogen) atoms. The molecule has 0 aliphatic carbocycles. The van der Waals surface area contributed by atoms with E-state index in [9.17, 15) is 18.4 Å². The molecule has 92 valence electrons. The summed E-state index contributed by atoms with van der Waals surface area (Å²) in [5, 5.41) is 8.49. The molecule has 2 aromatic rings. The van der Waals surface area contributed by atoms with E-state index in [0.717, 1.165) is 18.3 Å². The van der Waals surface area contributed by atoms with Gasteiger partial charge in [-0.1, -0.05) is 0 Å². The summed E-state index contributed by atoms with van der Waals surface area (Å²) in [6, 6.07) is 2.83. The minimum Gasteiger partial charge on any atom is -0.475 e. The first kappa shape index (κ1) is 11.9. The Hall–Kier alpha value is -2.57. The number of benzene rings is 1. The highest BCUT2D eigenvalue weighted by Crippen LogP contribution is 2.20. The number of nitrogens with zero attached hydrogens (tertiary/aromatic N) is 1. The van der Waals surface area contributed by atoms with Crippen molar-refractivity contribution in [2.75, 3.05) is 0 Å². The summed E-state index contributed by atoms with van der Waals surface area (Å²) in [4.78, 5) is 27.6. The number of nitrogens with one attached hydrogen (secondary N) is 1. The maximum Gasteiger partial charge on any atom is 0.378 e. The van der Waals surface area contributed by atoms with E-state index < -0.39 is 23.4 Å². The van der Waals surface area contributed by atoms with Crippen molar-refractivity contribution < 1.29 is 23.5 Å². The lowest BCUT2D eigenvalue weighted by molar-refractivity contribution is -0.131. The van der Waals surface area contributed by atoms with Gasteiger partial charge < -0.3 is 10.1 Å². The summed E-state index contributed by atoms with van der Waals surface area (Å²) in [6.07, 6.45) is 0.981. The van der Waals surface area contributed by atoms with Gasteiger partial charge in [-0.2, -0.15) is 0 Å². The zero-order valence-electron chi connectivity index (χ0n) is 8.78. The second-order valence-electron chi connectivity index (χ2n) is 3.40. The Morgan fingerprint density at radius 3 is 2.61 bits per heavy atom. The zero-order chi connectivity index (χ0) is 13.3. The smallest absolute Gasteiger partial charge is 0.378 e. The maximum atomic E-state index is 13.4. The van der Waals surface area contributed by atoms with Crippen LogP contribution in [-0.2, 0) is 4.79 Å². The van der Waals surface area contributed by atoms with Crippen molar-refractivity contribution in [1.29, 1.82) is 0 Å². The molecule has 5 nitrogen and oxygen atoms in total. The Balaban J connectivity index is 2.41. The number of ketones is 1. The van der Waals surface area contributed by atoms with Crippen molar-refractivity contribution in [2.24, 2.45) is 0 Å². The molecule has 0 aliphatic heterocycles. The molecule has 7 heteroatoms. The summed E-state index contributed by atoms with van der Waals surface area (Å²) in [7, 11) is 0. The van der Waals surface area contributed by atoms with Crippen molar-refractivity contribution >= 4 is 11.8 Å². The standard InChI is InChI=1S/C11H6F2N2O3/c12-5-1-2-6(7(13)3-5)10-14-4-8(15-10)9(16)11(17)18/h1-4H,(H,14,15)(H,17,18). The third-order valence-electron chi connectivity index (χ3n) is 2.20. The Kier molecular flexibility index (Phi) is 2.88. The van der Waals surface area contributed by atoms with E-state index in [1.54, 1.807) is 0 Å². The Bertz CT molecular complexity index is 637. The number of halogens is 2. The SMILES string of the molecule is O=C(O)C(=O)c1cnc(-c2ccc(F)cc2F)[nH]1. The number of H-pyrrole nitrogens is 1. The van der Waals surface area contributed by atoms with E-state index in [2.05, 4.69) is 9.97 Å². The van der Waals surface area contributed by atoms with Crippen LogP contribution in [0.25, 0.3) is 11.4 Å². The van der Waals surface area contributed by atoms with Crippen molar-refractivity contribution in [3.8, 4) is 11.4 Å². The van der Waals surface area contributed by atoms with Gasteiger partial charge in [-0.15, -0.1) is 0 Å². The fourth-order valence-corrected chi connectivity index (χ4v) is 1.37. The first-order valence-corrected chi connectivity index (χ1v) is 4.77. The molecule has 0 saturated heterocycles. The molecule has 0 unspecified atom stereocenters. The molecule has 0 spiro atoms. The summed E-state index contributed by atoms with van der Waals surface area (Å²) in [5.74, 6) is -4.48. The molecule has 0 radical (unpaired) electrons. The topological polar surface area (TPSA) is 83.0 Å². The van der Waals surface area contributed by atoms with E-state index in [-0.39, 0.29) is 17.1 Å². The predicted octanol–water partition coefficient (Wildman–Crippen LogP) is 1.62. The third-order valence-corrected chi connectivity index (χ3v) is 2.20. The van der Waals surface area contributed by atoms with Crippen LogP contribution in [0.2, 0.25) is 0 Å².